The molecule has 0 amide bonds. The predicted octanol–water partition coefficient (Wildman–Crippen LogP) is 5.57. The van der Waals surface area contributed by atoms with E-state index in [0.29, 0.717) is 10.8 Å². The zero-order valence-corrected chi connectivity index (χ0v) is 15.8. The fourth-order valence-corrected chi connectivity index (χ4v) is 3.55. The van der Waals surface area contributed by atoms with Crippen molar-refractivity contribution in [2.75, 3.05) is 7.05 Å². The van der Waals surface area contributed by atoms with Gasteiger partial charge in [-0.1, -0.05) is 54.1 Å². The van der Waals surface area contributed by atoms with E-state index in [1.807, 2.05) is 7.05 Å². The Balaban J connectivity index is 0.00000264. The molecule has 1 fully saturated rings. The minimum absolute atomic E-state index is 0. The molecule has 0 aromatic heterocycles. The highest BCUT2D eigenvalue weighted by Crippen LogP contribution is 2.35. The molecule has 1 aliphatic rings. The fraction of sp³-hybridized carbons (Fsp3) is 0.438. The lowest BCUT2D eigenvalue weighted by Gasteiger charge is -2.37. The van der Waals surface area contributed by atoms with Crippen LogP contribution in [0.5, 0.6) is 0 Å². The quantitative estimate of drug-likeness (QED) is 0.531. The van der Waals surface area contributed by atoms with Crippen molar-refractivity contribution in [3.8, 4) is 0 Å². The molecule has 0 saturated heterocycles. The monoisotopic (exact) mass is 397 g/mol. The maximum atomic E-state index is 12.4. The highest BCUT2D eigenvalue weighted by Gasteiger charge is 2.37. The average molecular weight is 399 g/mol. The Morgan fingerprint density at radius 1 is 1.26 bits per heavy atom. The molecule has 1 N–H and O–H groups in total. The second kappa shape index (κ2) is 9.14. The van der Waals surface area contributed by atoms with Crippen molar-refractivity contribution in [2.24, 2.45) is 0 Å². The van der Waals surface area contributed by atoms with Crippen LogP contribution in [0, 0.1) is 0 Å². The third-order valence-corrected chi connectivity index (χ3v) is 4.86. The molecule has 128 valence electrons. The summed E-state index contributed by atoms with van der Waals surface area (Å²) in [5.74, 6) is -0.0962. The van der Waals surface area contributed by atoms with Crippen molar-refractivity contribution in [3.63, 3.8) is 0 Å². The summed E-state index contributed by atoms with van der Waals surface area (Å²) >= 11 is 17.8. The van der Waals surface area contributed by atoms with Gasteiger partial charge in [-0.15, -0.1) is 12.4 Å². The smallest absolute Gasteiger partial charge is 0.344 e. The highest BCUT2D eigenvalue weighted by molar-refractivity contribution is 6.36. The molecule has 1 saturated carbocycles. The Hall–Kier alpha value is -0.450. The van der Waals surface area contributed by atoms with Gasteiger partial charge < -0.3 is 10.1 Å². The van der Waals surface area contributed by atoms with Crippen molar-refractivity contribution in [3.05, 3.63) is 45.1 Å². The number of nitrogens with one attached hydrogen (secondary N) is 1. The first kappa shape index (κ1) is 20.6. The van der Waals surface area contributed by atoms with Crippen LogP contribution in [0.4, 0.5) is 0 Å². The third-order valence-electron chi connectivity index (χ3n) is 4.11. The van der Waals surface area contributed by atoms with Crippen LogP contribution in [0.15, 0.2) is 29.5 Å². The number of benzene rings is 1. The van der Waals surface area contributed by atoms with Gasteiger partial charge in [0.15, 0.2) is 0 Å². The van der Waals surface area contributed by atoms with Crippen LogP contribution < -0.4 is 5.32 Å². The third kappa shape index (κ3) is 4.77. The Labute approximate surface area is 157 Å². The second-order valence-corrected chi connectivity index (χ2v) is 6.44. The van der Waals surface area contributed by atoms with Gasteiger partial charge in [0.25, 0.3) is 0 Å². The van der Waals surface area contributed by atoms with E-state index in [1.165, 1.54) is 18.0 Å². The molecule has 23 heavy (non-hydrogen) atoms. The average Bonchev–Trinajstić information content (AvgIpc) is 2.53. The topological polar surface area (TPSA) is 38.3 Å². The zero-order valence-electron chi connectivity index (χ0n) is 12.7. The number of carbonyl (C=O) groups is 1. The van der Waals surface area contributed by atoms with Gasteiger partial charge in [-0.25, -0.2) is 4.79 Å². The van der Waals surface area contributed by atoms with Crippen molar-refractivity contribution in [1.29, 1.82) is 0 Å². The van der Waals surface area contributed by atoms with Gasteiger partial charge in [-0.3, -0.25) is 0 Å². The van der Waals surface area contributed by atoms with Gasteiger partial charge in [0.05, 0.1) is 16.1 Å². The molecular weight excluding hydrogens is 380 g/mol. The molecule has 0 radical (unpaired) electrons. The molecule has 3 nitrogen and oxygen atoms in total. The summed E-state index contributed by atoms with van der Waals surface area (Å²) in [7, 11) is 1.86. The standard InChI is InChI=1S/C16H18Cl3NO2.ClH/c1-20-16(7-3-2-4-8-16)14(10-17)22-15(21)12-6-5-11(18)9-13(12)19;/h5-6,9-10,20H,2-4,7-8H2,1H3;1H/b14-10-;. The Kier molecular flexibility index (Phi) is 8.19. The van der Waals surface area contributed by atoms with E-state index in [1.54, 1.807) is 12.1 Å². The lowest BCUT2D eigenvalue weighted by Crippen LogP contribution is -2.47. The Bertz CT molecular complexity index is 583. The van der Waals surface area contributed by atoms with E-state index in [-0.39, 0.29) is 23.0 Å². The normalized spacial score (nSPS) is 17.3. The van der Waals surface area contributed by atoms with Crippen molar-refractivity contribution in [2.45, 2.75) is 37.6 Å². The van der Waals surface area contributed by atoms with Crippen LogP contribution in [0.1, 0.15) is 42.5 Å². The van der Waals surface area contributed by atoms with Crippen molar-refractivity contribution < 1.29 is 9.53 Å². The molecule has 2 rings (SSSR count). The molecule has 0 bridgehead atoms. The highest BCUT2D eigenvalue weighted by atomic mass is 35.5. The molecule has 7 heteroatoms. The van der Waals surface area contributed by atoms with Crippen LogP contribution in [0.3, 0.4) is 0 Å². The van der Waals surface area contributed by atoms with E-state index in [4.69, 9.17) is 39.5 Å². The number of esters is 1. The van der Waals surface area contributed by atoms with Gasteiger partial charge in [0.2, 0.25) is 0 Å². The maximum absolute atomic E-state index is 12.4. The molecule has 1 aromatic rings. The van der Waals surface area contributed by atoms with Crippen LogP contribution in [0.25, 0.3) is 0 Å². The summed E-state index contributed by atoms with van der Waals surface area (Å²) in [5, 5.41) is 3.99. The molecule has 0 atom stereocenters. The summed E-state index contributed by atoms with van der Waals surface area (Å²) in [4.78, 5) is 12.4. The van der Waals surface area contributed by atoms with Gasteiger partial charge in [0, 0.05) is 10.6 Å². The number of ether oxygens (including phenoxy) is 1. The van der Waals surface area contributed by atoms with Crippen LogP contribution in [-0.2, 0) is 4.74 Å². The van der Waals surface area contributed by atoms with E-state index >= 15 is 0 Å². The number of likely N-dealkylation sites (N-methyl/N-ethyl adjacent to an activating group) is 1. The lowest BCUT2D eigenvalue weighted by molar-refractivity contribution is 0.0534. The SMILES string of the molecule is CNC1(/C(=C/Cl)OC(=O)c2ccc(Cl)cc2Cl)CCCCC1.Cl. The second-order valence-electron chi connectivity index (χ2n) is 5.38. The largest absolute Gasteiger partial charge is 0.424 e. The molecule has 0 aliphatic heterocycles. The summed E-state index contributed by atoms with van der Waals surface area (Å²) in [6.07, 6.45) is 5.06. The number of halogens is 4. The predicted molar refractivity (Wildman–Crippen MR) is 97.9 cm³/mol. The molecule has 1 aromatic carbocycles. The number of rotatable bonds is 4. The van der Waals surface area contributed by atoms with Gasteiger partial charge >= 0.3 is 5.97 Å². The number of carbonyl (C=O) groups excluding carboxylic acids is 1. The lowest BCUT2D eigenvalue weighted by atomic mass is 9.80. The van der Waals surface area contributed by atoms with E-state index in [9.17, 15) is 4.79 Å². The molecular formula is C16H19Cl4NO2. The summed E-state index contributed by atoms with van der Waals surface area (Å²) < 4.78 is 5.54. The number of hydrogen-bond donors (Lipinski definition) is 1. The zero-order chi connectivity index (χ0) is 16.2. The summed E-state index contributed by atoms with van der Waals surface area (Å²) in [6.45, 7) is 0. The number of hydrogen-bond acceptors (Lipinski definition) is 3. The van der Waals surface area contributed by atoms with Crippen LogP contribution in [-0.4, -0.2) is 18.6 Å². The first-order valence-corrected chi connectivity index (χ1v) is 8.38. The molecule has 0 heterocycles. The van der Waals surface area contributed by atoms with Crippen LogP contribution >= 0.6 is 47.2 Å². The Morgan fingerprint density at radius 3 is 2.43 bits per heavy atom. The van der Waals surface area contributed by atoms with E-state index < -0.39 is 11.5 Å². The first-order chi connectivity index (χ1) is 10.5. The molecule has 0 unspecified atom stereocenters. The van der Waals surface area contributed by atoms with Crippen molar-refractivity contribution in [1.82, 2.24) is 5.32 Å². The minimum atomic E-state index is -0.534. The van der Waals surface area contributed by atoms with E-state index in [2.05, 4.69) is 5.32 Å². The van der Waals surface area contributed by atoms with E-state index in [0.717, 1.165) is 25.7 Å². The molecule has 1 aliphatic carbocycles. The molecule has 0 spiro atoms. The van der Waals surface area contributed by atoms with Crippen LogP contribution in [0.2, 0.25) is 10.0 Å². The Morgan fingerprint density at radius 2 is 1.91 bits per heavy atom. The minimum Gasteiger partial charge on any atom is -0.424 e. The summed E-state index contributed by atoms with van der Waals surface area (Å²) in [5.41, 5.74) is 1.21. The van der Waals surface area contributed by atoms with Gasteiger partial charge in [-0.05, 0) is 38.1 Å². The van der Waals surface area contributed by atoms with Gasteiger partial charge in [0.1, 0.15) is 5.76 Å². The summed E-state index contributed by atoms with van der Waals surface area (Å²) in [6, 6.07) is 4.66. The fourth-order valence-electron chi connectivity index (χ4n) is 2.81. The maximum Gasteiger partial charge on any atom is 0.344 e. The van der Waals surface area contributed by atoms with Crippen molar-refractivity contribution >= 4 is 53.2 Å². The first-order valence-electron chi connectivity index (χ1n) is 7.19. The van der Waals surface area contributed by atoms with Gasteiger partial charge in [-0.2, -0.15) is 0 Å².